The van der Waals surface area contributed by atoms with Gasteiger partial charge < -0.3 is 15.0 Å². The molecule has 0 amide bonds. The molecular weight excluding hydrogens is 298 g/mol. The van der Waals surface area contributed by atoms with Crippen LogP contribution in [0.1, 0.15) is 29.4 Å². The highest BCUT2D eigenvalue weighted by atomic mass is 16.5. The molecule has 0 unspecified atom stereocenters. The maximum absolute atomic E-state index is 5.28. The van der Waals surface area contributed by atoms with Gasteiger partial charge in [-0.1, -0.05) is 12.1 Å². The number of fused-ring (bicyclic) bond motifs is 1. The zero-order chi connectivity index (χ0) is 17.1. The Hall–Kier alpha value is -2.33. The van der Waals surface area contributed by atoms with Gasteiger partial charge in [-0.05, 0) is 68.1 Å². The lowest BCUT2D eigenvalue weighted by atomic mass is 10.1. The van der Waals surface area contributed by atoms with Crippen LogP contribution in [0, 0.1) is 13.8 Å². The van der Waals surface area contributed by atoms with Crippen molar-refractivity contribution in [2.45, 2.75) is 39.8 Å². The molecule has 2 aromatic carbocycles. The zero-order valence-electron chi connectivity index (χ0n) is 14.8. The van der Waals surface area contributed by atoms with Crippen LogP contribution in [0.2, 0.25) is 0 Å². The number of hydrogen-bond donors (Lipinski definition) is 2. The summed E-state index contributed by atoms with van der Waals surface area (Å²) in [7, 11) is 1.70. The van der Waals surface area contributed by atoms with Crippen LogP contribution in [0.25, 0.3) is 11.0 Å². The molecule has 0 spiro atoms. The summed E-state index contributed by atoms with van der Waals surface area (Å²) in [4.78, 5) is 8.09. The van der Waals surface area contributed by atoms with E-state index in [1.54, 1.807) is 7.11 Å². The number of methoxy groups -OCH3 is 1. The van der Waals surface area contributed by atoms with E-state index in [4.69, 9.17) is 4.74 Å². The van der Waals surface area contributed by atoms with Crippen LogP contribution in [0.5, 0.6) is 5.75 Å². The molecule has 0 aliphatic carbocycles. The lowest BCUT2D eigenvalue weighted by Gasteiger charge is -2.13. The fourth-order valence-electron chi connectivity index (χ4n) is 2.90. The standard InChI is InChI=1S/C20H25N3O/c1-13-8-18-19(9-14(13)2)23-20(22-18)12-21-15(3)10-16-6-5-7-17(11-16)24-4/h5-9,11,15,21H,10,12H2,1-4H3,(H,22,23)/t15-/m1/s1. The Morgan fingerprint density at radius 2 is 1.96 bits per heavy atom. The van der Waals surface area contributed by atoms with Gasteiger partial charge in [-0.15, -0.1) is 0 Å². The average Bonchev–Trinajstić information content (AvgIpc) is 2.95. The van der Waals surface area contributed by atoms with Crippen molar-refractivity contribution in [3.63, 3.8) is 0 Å². The Morgan fingerprint density at radius 3 is 2.75 bits per heavy atom. The lowest BCUT2D eigenvalue weighted by molar-refractivity contribution is 0.414. The number of hydrogen-bond acceptors (Lipinski definition) is 3. The number of aromatic nitrogens is 2. The van der Waals surface area contributed by atoms with Crippen molar-refractivity contribution < 1.29 is 4.74 Å². The van der Waals surface area contributed by atoms with Gasteiger partial charge in [0, 0.05) is 6.04 Å². The number of aryl methyl sites for hydroxylation is 2. The Bertz CT molecular complexity index is 799. The molecule has 3 rings (SSSR count). The van der Waals surface area contributed by atoms with E-state index < -0.39 is 0 Å². The first-order chi connectivity index (χ1) is 11.5. The van der Waals surface area contributed by atoms with E-state index in [9.17, 15) is 0 Å². The molecule has 1 aromatic heterocycles. The average molecular weight is 323 g/mol. The largest absolute Gasteiger partial charge is 0.497 e. The molecule has 126 valence electrons. The van der Waals surface area contributed by atoms with Crippen molar-refractivity contribution in [1.82, 2.24) is 15.3 Å². The van der Waals surface area contributed by atoms with Crippen LogP contribution in [0.15, 0.2) is 36.4 Å². The van der Waals surface area contributed by atoms with Crippen molar-refractivity contribution in [2.24, 2.45) is 0 Å². The van der Waals surface area contributed by atoms with Crippen molar-refractivity contribution >= 4 is 11.0 Å². The first-order valence-corrected chi connectivity index (χ1v) is 8.37. The van der Waals surface area contributed by atoms with E-state index in [1.807, 2.05) is 12.1 Å². The van der Waals surface area contributed by atoms with E-state index in [1.165, 1.54) is 16.7 Å². The topological polar surface area (TPSA) is 49.9 Å². The highest BCUT2D eigenvalue weighted by molar-refractivity contribution is 5.77. The Morgan fingerprint density at radius 1 is 1.17 bits per heavy atom. The van der Waals surface area contributed by atoms with Gasteiger partial charge in [0.15, 0.2) is 0 Å². The highest BCUT2D eigenvalue weighted by Crippen LogP contribution is 2.17. The smallest absolute Gasteiger partial charge is 0.121 e. The molecule has 0 radical (unpaired) electrons. The third-order valence-corrected chi connectivity index (χ3v) is 4.44. The monoisotopic (exact) mass is 323 g/mol. The second-order valence-corrected chi connectivity index (χ2v) is 6.47. The Labute approximate surface area is 143 Å². The minimum absolute atomic E-state index is 0.355. The number of aromatic amines is 1. The second kappa shape index (κ2) is 7.05. The van der Waals surface area contributed by atoms with Crippen LogP contribution >= 0.6 is 0 Å². The van der Waals surface area contributed by atoms with Gasteiger partial charge in [-0.25, -0.2) is 4.98 Å². The molecule has 4 heteroatoms. The molecule has 0 fully saturated rings. The molecule has 0 aliphatic heterocycles. The molecule has 1 atom stereocenters. The first-order valence-electron chi connectivity index (χ1n) is 8.37. The molecule has 0 bridgehead atoms. The second-order valence-electron chi connectivity index (χ2n) is 6.47. The number of nitrogens with zero attached hydrogens (tertiary/aromatic N) is 1. The molecular formula is C20H25N3O. The van der Waals surface area contributed by atoms with Gasteiger partial charge in [-0.2, -0.15) is 0 Å². The Kier molecular flexibility index (Phi) is 4.86. The molecule has 0 saturated heterocycles. The Balaban J connectivity index is 1.62. The molecule has 3 aromatic rings. The molecule has 0 aliphatic rings. The lowest BCUT2D eigenvalue weighted by Crippen LogP contribution is -2.28. The van der Waals surface area contributed by atoms with Crippen molar-refractivity contribution in [1.29, 1.82) is 0 Å². The summed E-state index contributed by atoms with van der Waals surface area (Å²) in [5.74, 6) is 1.88. The number of nitrogens with one attached hydrogen (secondary N) is 2. The van der Waals surface area contributed by atoms with Crippen LogP contribution in [-0.2, 0) is 13.0 Å². The van der Waals surface area contributed by atoms with Crippen LogP contribution < -0.4 is 10.1 Å². The number of imidazole rings is 1. The maximum atomic E-state index is 5.28. The van der Waals surface area contributed by atoms with E-state index >= 15 is 0 Å². The van der Waals surface area contributed by atoms with E-state index in [0.717, 1.165) is 35.6 Å². The number of ether oxygens (including phenoxy) is 1. The molecule has 4 nitrogen and oxygen atoms in total. The number of benzene rings is 2. The summed E-state index contributed by atoms with van der Waals surface area (Å²) in [6.07, 6.45) is 0.954. The SMILES string of the molecule is COc1cccc(C[C@@H](C)NCc2nc3cc(C)c(C)cc3[nH]2)c1. The quantitative estimate of drug-likeness (QED) is 0.723. The normalized spacial score (nSPS) is 12.5. The highest BCUT2D eigenvalue weighted by Gasteiger charge is 2.08. The number of rotatable bonds is 6. The first kappa shape index (κ1) is 16.5. The summed E-state index contributed by atoms with van der Waals surface area (Å²) in [6, 6.07) is 12.9. The minimum Gasteiger partial charge on any atom is -0.497 e. The molecule has 0 saturated carbocycles. The van der Waals surface area contributed by atoms with Gasteiger partial charge in [0.25, 0.3) is 0 Å². The minimum atomic E-state index is 0.355. The van der Waals surface area contributed by atoms with Gasteiger partial charge in [-0.3, -0.25) is 0 Å². The fourth-order valence-corrected chi connectivity index (χ4v) is 2.90. The summed E-state index contributed by atoms with van der Waals surface area (Å²) in [6.45, 7) is 7.18. The van der Waals surface area contributed by atoms with E-state index in [2.05, 4.69) is 60.3 Å². The van der Waals surface area contributed by atoms with E-state index in [0.29, 0.717) is 6.04 Å². The summed E-state index contributed by atoms with van der Waals surface area (Å²) in [5.41, 5.74) is 5.98. The molecule has 24 heavy (non-hydrogen) atoms. The van der Waals surface area contributed by atoms with Gasteiger partial charge in [0.1, 0.15) is 11.6 Å². The molecule has 1 heterocycles. The van der Waals surface area contributed by atoms with Crippen molar-refractivity contribution in [3.05, 3.63) is 58.9 Å². The maximum Gasteiger partial charge on any atom is 0.121 e. The van der Waals surface area contributed by atoms with Crippen LogP contribution in [-0.4, -0.2) is 23.1 Å². The van der Waals surface area contributed by atoms with Crippen molar-refractivity contribution in [2.75, 3.05) is 7.11 Å². The van der Waals surface area contributed by atoms with Gasteiger partial charge in [0.05, 0.1) is 24.7 Å². The van der Waals surface area contributed by atoms with E-state index in [-0.39, 0.29) is 0 Å². The van der Waals surface area contributed by atoms with Crippen molar-refractivity contribution in [3.8, 4) is 5.75 Å². The van der Waals surface area contributed by atoms with Crippen LogP contribution in [0.3, 0.4) is 0 Å². The fraction of sp³-hybridized carbons (Fsp3) is 0.350. The van der Waals surface area contributed by atoms with Gasteiger partial charge in [0.2, 0.25) is 0 Å². The summed E-state index contributed by atoms with van der Waals surface area (Å²) < 4.78 is 5.28. The zero-order valence-corrected chi connectivity index (χ0v) is 14.8. The molecule has 2 N–H and O–H groups in total. The predicted molar refractivity (Wildman–Crippen MR) is 98.6 cm³/mol. The summed E-state index contributed by atoms with van der Waals surface area (Å²) >= 11 is 0. The van der Waals surface area contributed by atoms with Crippen LogP contribution in [0.4, 0.5) is 0 Å². The third-order valence-electron chi connectivity index (χ3n) is 4.44. The number of H-pyrrole nitrogens is 1. The predicted octanol–water partition coefficient (Wildman–Crippen LogP) is 3.91. The van der Waals surface area contributed by atoms with Gasteiger partial charge >= 0.3 is 0 Å². The summed E-state index contributed by atoms with van der Waals surface area (Å²) in [5, 5.41) is 3.54. The third kappa shape index (κ3) is 3.77.